The van der Waals surface area contributed by atoms with Gasteiger partial charge in [-0.05, 0) is 39.0 Å². The van der Waals surface area contributed by atoms with Crippen molar-refractivity contribution in [2.24, 2.45) is 0 Å². The molecule has 3 aliphatic heterocycles. The minimum Gasteiger partial charge on any atom is -0.364 e. The molecule has 1 unspecified atom stereocenters. The third kappa shape index (κ3) is 2.77. The van der Waals surface area contributed by atoms with E-state index in [-0.39, 0.29) is 11.7 Å². The number of pyridine rings is 1. The topological polar surface area (TPSA) is 33.1 Å². The van der Waals surface area contributed by atoms with Crippen molar-refractivity contribution in [1.82, 2.24) is 14.9 Å². The molecule has 4 nitrogen and oxygen atoms in total. The number of rotatable bonds is 2. The molecule has 0 aromatic heterocycles. The van der Waals surface area contributed by atoms with E-state index in [1.807, 2.05) is 48.6 Å². The molecule has 150 valence electrons. The van der Waals surface area contributed by atoms with Crippen molar-refractivity contribution in [2.75, 3.05) is 24.5 Å². The number of halogens is 2. The van der Waals surface area contributed by atoms with Crippen molar-refractivity contribution in [3.8, 4) is 11.3 Å². The number of hydrogen-bond acceptors (Lipinski definition) is 3. The monoisotopic (exact) mass is 394 g/mol. The van der Waals surface area contributed by atoms with Gasteiger partial charge in [-0.15, -0.1) is 0 Å². The molecule has 0 bridgehead atoms. The van der Waals surface area contributed by atoms with Gasteiger partial charge in [0, 0.05) is 54.8 Å². The van der Waals surface area contributed by atoms with E-state index in [1.54, 1.807) is 0 Å². The third-order valence-electron chi connectivity index (χ3n) is 5.95. The van der Waals surface area contributed by atoms with E-state index in [9.17, 15) is 0 Å². The predicted octanol–water partition coefficient (Wildman–Crippen LogP) is 4.70. The molecule has 0 aliphatic carbocycles. The normalized spacial score (nSPS) is 17.7. The van der Waals surface area contributed by atoms with Gasteiger partial charge in [0.05, 0.1) is 16.7 Å². The fourth-order valence-electron chi connectivity index (χ4n) is 4.56. The van der Waals surface area contributed by atoms with Crippen LogP contribution in [0.4, 0.5) is 14.5 Å². The largest absolute Gasteiger partial charge is 0.364 e. The highest BCUT2D eigenvalue weighted by atomic mass is 19.1. The van der Waals surface area contributed by atoms with Crippen LogP contribution in [-0.4, -0.2) is 35.2 Å². The summed E-state index contributed by atoms with van der Waals surface area (Å²) in [5.74, 6) is -1.02. The van der Waals surface area contributed by atoms with Gasteiger partial charge in [-0.25, -0.2) is 13.8 Å². The molecule has 3 aliphatic rings. The molecule has 1 atom stereocenters. The lowest BCUT2D eigenvalue weighted by Gasteiger charge is -2.34. The quantitative estimate of drug-likeness (QED) is 0.535. The van der Waals surface area contributed by atoms with Crippen molar-refractivity contribution >= 4 is 27.5 Å². The van der Waals surface area contributed by atoms with Crippen LogP contribution in [0.2, 0.25) is 0 Å². The Hall–Kier alpha value is -2.73. The average Bonchev–Trinajstić information content (AvgIpc) is 3.05. The molecule has 3 heterocycles. The molecular formula is C23H24F2N4. The van der Waals surface area contributed by atoms with E-state index in [0.717, 1.165) is 22.0 Å². The van der Waals surface area contributed by atoms with E-state index in [0.29, 0.717) is 42.8 Å². The number of piperazine rings is 1. The van der Waals surface area contributed by atoms with Crippen LogP contribution in [0.25, 0.3) is 33.1 Å². The van der Waals surface area contributed by atoms with Gasteiger partial charge < -0.3 is 14.8 Å². The first-order chi connectivity index (χ1) is 14.0. The van der Waals surface area contributed by atoms with Crippen LogP contribution in [0.5, 0.6) is 0 Å². The van der Waals surface area contributed by atoms with Crippen molar-refractivity contribution in [3.05, 3.63) is 47.7 Å². The number of hydrogen-bond donors (Lipinski definition) is 1. The maximum atomic E-state index is 15.8. The van der Waals surface area contributed by atoms with E-state index in [2.05, 4.69) is 11.4 Å². The van der Waals surface area contributed by atoms with E-state index in [1.165, 1.54) is 6.07 Å². The lowest BCUT2D eigenvalue weighted by Crippen LogP contribution is -2.49. The number of aryl methyl sites for hydroxylation is 2. The molecular weight excluding hydrogens is 370 g/mol. The average molecular weight is 394 g/mol. The molecule has 5 rings (SSSR count). The predicted molar refractivity (Wildman–Crippen MR) is 114 cm³/mol. The number of anilines is 1. The molecule has 0 spiro atoms. The molecule has 0 saturated carbocycles. The highest BCUT2D eigenvalue weighted by Gasteiger charge is 2.27. The minimum absolute atomic E-state index is 0.0688. The van der Waals surface area contributed by atoms with Crippen LogP contribution in [0.1, 0.15) is 19.4 Å². The fraction of sp³-hybridized carbons (Fsp3) is 0.348. The third-order valence-corrected chi connectivity index (χ3v) is 5.95. The Balaban J connectivity index is 1.83. The zero-order valence-corrected chi connectivity index (χ0v) is 16.9. The van der Waals surface area contributed by atoms with Crippen LogP contribution in [-0.2, 0) is 6.54 Å². The lowest BCUT2D eigenvalue weighted by atomic mass is 10.0. The van der Waals surface area contributed by atoms with Crippen molar-refractivity contribution < 1.29 is 8.78 Å². The number of nitrogens with one attached hydrogen (secondary N) is 1. The summed E-state index contributed by atoms with van der Waals surface area (Å²) in [6.07, 6.45) is 1.96. The maximum Gasteiger partial charge on any atom is 0.173 e. The van der Waals surface area contributed by atoms with Gasteiger partial charge >= 0.3 is 0 Å². The Labute approximate surface area is 168 Å². The summed E-state index contributed by atoms with van der Waals surface area (Å²) in [7, 11) is 0. The first-order valence-corrected chi connectivity index (χ1v) is 10.2. The van der Waals surface area contributed by atoms with Gasteiger partial charge in [0.2, 0.25) is 0 Å². The fourth-order valence-corrected chi connectivity index (χ4v) is 4.56. The second-order valence-electron chi connectivity index (χ2n) is 8.03. The van der Waals surface area contributed by atoms with Crippen LogP contribution >= 0.6 is 0 Å². The summed E-state index contributed by atoms with van der Waals surface area (Å²) >= 11 is 0. The summed E-state index contributed by atoms with van der Waals surface area (Å²) in [6, 6.07) is 7.71. The highest BCUT2D eigenvalue weighted by Crippen LogP contribution is 2.40. The van der Waals surface area contributed by atoms with Crippen molar-refractivity contribution in [2.45, 2.75) is 33.4 Å². The Morgan fingerprint density at radius 2 is 2.03 bits per heavy atom. The zero-order valence-electron chi connectivity index (χ0n) is 16.9. The summed E-state index contributed by atoms with van der Waals surface area (Å²) in [4.78, 5) is 6.54. The standard InChI is InChI=1S/C23H24F2N4/c1-4-28-12-17-15-9-13(2)5-6-19(15)27-21(17)16-10-18(24)23(20(25)22(16)28)29-8-7-26-14(3)11-29/h5-6,9-10,12,14,26H,4,7-8,11H2,1-3H3. The first kappa shape index (κ1) is 18.3. The van der Waals surface area contributed by atoms with Crippen molar-refractivity contribution in [3.63, 3.8) is 0 Å². The smallest absolute Gasteiger partial charge is 0.173 e. The van der Waals surface area contributed by atoms with Crippen molar-refractivity contribution in [1.29, 1.82) is 0 Å². The minimum atomic E-state index is -0.525. The van der Waals surface area contributed by atoms with Gasteiger partial charge in [0.25, 0.3) is 0 Å². The Morgan fingerprint density at radius 3 is 2.79 bits per heavy atom. The van der Waals surface area contributed by atoms with Gasteiger partial charge in [0.15, 0.2) is 5.82 Å². The molecule has 1 N–H and O–H groups in total. The zero-order chi connectivity index (χ0) is 20.3. The molecule has 0 amide bonds. The van der Waals surface area contributed by atoms with Gasteiger partial charge in [-0.1, -0.05) is 11.6 Å². The Bertz CT molecular complexity index is 1210. The van der Waals surface area contributed by atoms with Gasteiger partial charge in [-0.2, -0.15) is 0 Å². The SMILES string of the molecule is CCn1cc2c3cc(C)ccc3nc-2c2cc(F)c(N3CCNC(C)C3)c(F)c21. The highest BCUT2D eigenvalue weighted by molar-refractivity contribution is 6.07. The number of benzene rings is 2. The van der Waals surface area contributed by atoms with E-state index >= 15 is 8.78 Å². The molecule has 1 saturated heterocycles. The molecule has 2 aromatic carbocycles. The lowest BCUT2D eigenvalue weighted by molar-refractivity contribution is 0.470. The van der Waals surface area contributed by atoms with Gasteiger partial charge in [-0.3, -0.25) is 0 Å². The number of nitrogens with zero attached hydrogens (tertiary/aromatic N) is 3. The van der Waals surface area contributed by atoms with E-state index in [4.69, 9.17) is 4.98 Å². The summed E-state index contributed by atoms with van der Waals surface area (Å²) in [5, 5.41) is 4.87. The molecule has 0 radical (unpaired) electrons. The molecule has 29 heavy (non-hydrogen) atoms. The molecule has 2 aromatic rings. The summed E-state index contributed by atoms with van der Waals surface area (Å²) < 4.78 is 32.9. The van der Waals surface area contributed by atoms with Crippen LogP contribution < -0.4 is 10.2 Å². The number of fused-ring (bicyclic) bond motifs is 5. The van der Waals surface area contributed by atoms with Crippen LogP contribution in [0.15, 0.2) is 30.5 Å². The van der Waals surface area contributed by atoms with Crippen LogP contribution in [0.3, 0.4) is 0 Å². The van der Waals surface area contributed by atoms with Gasteiger partial charge in [0.1, 0.15) is 11.5 Å². The second-order valence-corrected chi connectivity index (χ2v) is 8.03. The molecule has 1 fully saturated rings. The molecule has 6 heteroatoms. The maximum absolute atomic E-state index is 15.8. The second kappa shape index (κ2) is 6.66. The Kier molecular flexibility index (Phi) is 4.21. The Morgan fingerprint density at radius 1 is 1.21 bits per heavy atom. The van der Waals surface area contributed by atoms with Crippen LogP contribution in [0, 0.1) is 18.6 Å². The van der Waals surface area contributed by atoms with E-state index < -0.39 is 11.6 Å². The summed E-state index contributed by atoms with van der Waals surface area (Å²) in [6.45, 7) is 8.49. The number of aromatic nitrogens is 2. The summed E-state index contributed by atoms with van der Waals surface area (Å²) in [5.41, 5.74) is 4.06. The first-order valence-electron chi connectivity index (χ1n) is 10.2.